The minimum atomic E-state index is -0.251. The molecule has 30 heavy (non-hydrogen) atoms. The van der Waals surface area contributed by atoms with Crippen LogP contribution in [0.15, 0.2) is 47.3 Å². The lowest BCUT2D eigenvalue weighted by molar-refractivity contribution is 0.265. The molecule has 1 saturated heterocycles. The molecule has 2 aromatic heterocycles. The normalized spacial score (nSPS) is 17.5. The summed E-state index contributed by atoms with van der Waals surface area (Å²) in [6, 6.07) is 14.4. The molecule has 0 unspecified atom stereocenters. The fraction of sp³-hybridized carbons (Fsp3) is 0.304. The first-order valence-corrected chi connectivity index (χ1v) is 10.3. The van der Waals surface area contributed by atoms with E-state index in [9.17, 15) is 4.79 Å². The zero-order valence-electron chi connectivity index (χ0n) is 17.3. The fourth-order valence-electron chi connectivity index (χ4n) is 4.38. The molecule has 154 valence electrons. The van der Waals surface area contributed by atoms with E-state index in [1.807, 2.05) is 30.3 Å². The summed E-state index contributed by atoms with van der Waals surface area (Å²) >= 11 is 0. The number of nitrogens with two attached hydrogens (primary N) is 1. The zero-order valence-corrected chi connectivity index (χ0v) is 17.3. The number of hydrogen-bond acceptors (Lipinski definition) is 5. The summed E-state index contributed by atoms with van der Waals surface area (Å²) in [5, 5.41) is 0.931. The molecule has 0 spiro atoms. The molecule has 2 aromatic carbocycles. The molecule has 3 heterocycles. The van der Waals surface area contributed by atoms with Crippen molar-refractivity contribution in [1.82, 2.24) is 24.8 Å². The molecule has 1 fully saturated rings. The van der Waals surface area contributed by atoms with Crippen LogP contribution in [0.5, 0.6) is 0 Å². The van der Waals surface area contributed by atoms with Crippen molar-refractivity contribution in [2.45, 2.75) is 19.0 Å². The van der Waals surface area contributed by atoms with Gasteiger partial charge in [-0.3, -0.25) is 9.69 Å². The number of para-hydroxylation sites is 2. The number of rotatable bonds is 4. The summed E-state index contributed by atoms with van der Waals surface area (Å²) in [7, 11) is 4.29. The van der Waals surface area contributed by atoms with Crippen LogP contribution in [-0.2, 0) is 6.54 Å². The zero-order chi connectivity index (χ0) is 20.8. The lowest BCUT2D eigenvalue weighted by atomic mass is 10.1. The number of hydrogen-bond donors (Lipinski definition) is 3. The second-order valence-corrected chi connectivity index (χ2v) is 8.37. The third-order valence-corrected chi connectivity index (χ3v) is 6.12. The van der Waals surface area contributed by atoms with Crippen LogP contribution >= 0.6 is 0 Å². The summed E-state index contributed by atoms with van der Waals surface area (Å²) in [5.74, 6) is 0. The predicted molar refractivity (Wildman–Crippen MR) is 121 cm³/mol. The summed E-state index contributed by atoms with van der Waals surface area (Å²) in [6.07, 6.45) is 1.20. The Kier molecular flexibility index (Phi) is 4.56. The number of aromatic nitrogens is 3. The van der Waals surface area contributed by atoms with Gasteiger partial charge in [-0.15, -0.1) is 0 Å². The highest BCUT2D eigenvalue weighted by molar-refractivity contribution is 6.00. The standard InChI is InChI=1S/C23H26N6O/c1-28(2)15-9-10-29(13-15)12-14-7-8-17-16(11-14)20(24)21(25-17)22-23(30)27-19-6-4-3-5-18(19)26-22/h3-8,11,15,25H,9-10,12-13,24H2,1-2H3,(H,27,30)/t15-/m0/s1. The van der Waals surface area contributed by atoms with Gasteiger partial charge in [-0.05, 0) is 50.3 Å². The van der Waals surface area contributed by atoms with Crippen LogP contribution in [0.1, 0.15) is 12.0 Å². The Hall–Kier alpha value is -3.16. The molecular formula is C23H26N6O. The molecule has 5 rings (SSSR count). The lowest BCUT2D eigenvalue weighted by Gasteiger charge is -2.20. The molecule has 1 aliphatic rings. The predicted octanol–water partition coefficient (Wildman–Crippen LogP) is 2.79. The third kappa shape index (κ3) is 3.26. The van der Waals surface area contributed by atoms with E-state index in [-0.39, 0.29) is 5.56 Å². The Morgan fingerprint density at radius 1 is 1.17 bits per heavy atom. The maximum atomic E-state index is 12.6. The Balaban J connectivity index is 1.49. The maximum absolute atomic E-state index is 12.6. The van der Waals surface area contributed by atoms with E-state index < -0.39 is 0 Å². The van der Waals surface area contributed by atoms with Crippen molar-refractivity contribution in [3.8, 4) is 11.4 Å². The molecule has 7 nitrogen and oxygen atoms in total. The van der Waals surface area contributed by atoms with E-state index in [1.165, 1.54) is 12.0 Å². The van der Waals surface area contributed by atoms with Gasteiger partial charge in [0.1, 0.15) is 0 Å². The van der Waals surface area contributed by atoms with Crippen LogP contribution < -0.4 is 11.3 Å². The molecular weight excluding hydrogens is 376 g/mol. The SMILES string of the molecule is CN(C)[C@H]1CCN(Cc2ccc3[nH]c(-c4nc5ccccc5[nH]c4=O)c(N)c3c2)C1. The van der Waals surface area contributed by atoms with Crippen molar-refractivity contribution in [2.24, 2.45) is 0 Å². The number of H-pyrrole nitrogens is 2. The smallest absolute Gasteiger partial charge is 0.276 e. The van der Waals surface area contributed by atoms with Gasteiger partial charge in [-0.2, -0.15) is 0 Å². The number of nitrogens with zero attached hydrogens (tertiary/aromatic N) is 3. The lowest BCUT2D eigenvalue weighted by Crippen LogP contribution is -2.31. The van der Waals surface area contributed by atoms with Crippen LogP contribution in [0.2, 0.25) is 0 Å². The number of aromatic amines is 2. The first kappa shape index (κ1) is 18.8. The van der Waals surface area contributed by atoms with Crippen LogP contribution in [0.4, 0.5) is 5.69 Å². The Morgan fingerprint density at radius 3 is 2.80 bits per heavy atom. The van der Waals surface area contributed by atoms with Crippen LogP contribution in [0.3, 0.4) is 0 Å². The van der Waals surface area contributed by atoms with Crippen LogP contribution in [0, 0.1) is 0 Å². The molecule has 1 atom stereocenters. The van der Waals surface area contributed by atoms with Gasteiger partial charge in [0.2, 0.25) is 0 Å². The van der Waals surface area contributed by atoms with Crippen molar-refractivity contribution in [1.29, 1.82) is 0 Å². The molecule has 4 N–H and O–H groups in total. The molecule has 0 saturated carbocycles. The van der Waals surface area contributed by atoms with Crippen LogP contribution in [-0.4, -0.2) is 58.0 Å². The second kappa shape index (κ2) is 7.27. The van der Waals surface area contributed by atoms with E-state index in [0.717, 1.165) is 36.1 Å². The monoisotopic (exact) mass is 402 g/mol. The average molecular weight is 403 g/mol. The summed E-state index contributed by atoms with van der Waals surface area (Å²) in [4.78, 5) is 28.2. The number of benzene rings is 2. The van der Waals surface area contributed by atoms with Gasteiger partial charge in [-0.25, -0.2) is 4.98 Å². The summed E-state index contributed by atoms with van der Waals surface area (Å²) < 4.78 is 0. The Bertz CT molecular complexity index is 1290. The number of nitrogens with one attached hydrogen (secondary N) is 2. The van der Waals surface area contributed by atoms with Gasteiger partial charge in [0, 0.05) is 36.6 Å². The third-order valence-electron chi connectivity index (χ3n) is 6.12. The van der Waals surface area contributed by atoms with Gasteiger partial charge >= 0.3 is 0 Å². The van der Waals surface area contributed by atoms with Crippen molar-refractivity contribution in [2.75, 3.05) is 32.9 Å². The highest BCUT2D eigenvalue weighted by Gasteiger charge is 2.24. The molecule has 0 bridgehead atoms. The van der Waals surface area contributed by atoms with E-state index in [1.54, 1.807) is 0 Å². The van der Waals surface area contributed by atoms with Crippen molar-refractivity contribution >= 4 is 27.6 Å². The Morgan fingerprint density at radius 2 is 2.00 bits per heavy atom. The van der Waals surface area contributed by atoms with Crippen molar-refractivity contribution in [3.05, 3.63) is 58.4 Å². The van der Waals surface area contributed by atoms with Gasteiger partial charge in [0.05, 0.1) is 22.4 Å². The van der Waals surface area contributed by atoms with Gasteiger partial charge < -0.3 is 20.6 Å². The van der Waals surface area contributed by atoms with Crippen molar-refractivity contribution < 1.29 is 0 Å². The second-order valence-electron chi connectivity index (χ2n) is 8.37. The molecule has 0 radical (unpaired) electrons. The first-order valence-electron chi connectivity index (χ1n) is 10.3. The molecule has 0 aliphatic carbocycles. The number of likely N-dealkylation sites (tertiary alicyclic amines) is 1. The molecule has 1 aliphatic heterocycles. The van der Waals surface area contributed by atoms with Gasteiger partial charge in [0.25, 0.3) is 5.56 Å². The number of fused-ring (bicyclic) bond motifs is 2. The minimum absolute atomic E-state index is 0.251. The number of nitrogen functional groups attached to an aromatic ring is 1. The first-order chi connectivity index (χ1) is 14.5. The largest absolute Gasteiger partial charge is 0.396 e. The molecule has 4 aromatic rings. The van der Waals surface area contributed by atoms with E-state index in [4.69, 9.17) is 5.73 Å². The van der Waals surface area contributed by atoms with E-state index >= 15 is 0 Å². The average Bonchev–Trinajstić information content (AvgIpc) is 3.33. The highest BCUT2D eigenvalue weighted by Crippen LogP contribution is 2.32. The Labute approximate surface area is 174 Å². The topological polar surface area (TPSA) is 94.0 Å². The number of anilines is 1. The quantitative estimate of drug-likeness (QED) is 0.488. The maximum Gasteiger partial charge on any atom is 0.276 e. The van der Waals surface area contributed by atoms with E-state index in [2.05, 4.69) is 51.0 Å². The minimum Gasteiger partial charge on any atom is -0.396 e. The highest BCUT2D eigenvalue weighted by atomic mass is 16.1. The van der Waals surface area contributed by atoms with Gasteiger partial charge in [0.15, 0.2) is 5.69 Å². The molecule has 0 amide bonds. The fourth-order valence-corrected chi connectivity index (χ4v) is 4.38. The van der Waals surface area contributed by atoms with E-state index in [0.29, 0.717) is 28.6 Å². The summed E-state index contributed by atoms with van der Waals surface area (Å²) in [6.45, 7) is 3.08. The summed E-state index contributed by atoms with van der Waals surface area (Å²) in [5.41, 5.74) is 11.3. The van der Waals surface area contributed by atoms with Gasteiger partial charge in [-0.1, -0.05) is 18.2 Å². The van der Waals surface area contributed by atoms with Crippen molar-refractivity contribution in [3.63, 3.8) is 0 Å². The number of likely N-dealkylation sites (N-methyl/N-ethyl adjacent to an activating group) is 1. The van der Waals surface area contributed by atoms with Crippen LogP contribution in [0.25, 0.3) is 33.3 Å². The molecule has 7 heteroatoms.